The summed E-state index contributed by atoms with van der Waals surface area (Å²) < 4.78 is 35.7. The predicted molar refractivity (Wildman–Crippen MR) is 41.5 cm³/mol. The summed E-state index contributed by atoms with van der Waals surface area (Å²) in [5.41, 5.74) is 0.440. The van der Waals surface area contributed by atoms with Crippen molar-refractivity contribution in [2.24, 2.45) is 0 Å². The predicted octanol–water partition coefficient (Wildman–Crippen LogP) is 3.26. The van der Waals surface area contributed by atoms with Crippen molar-refractivity contribution in [2.45, 2.75) is 6.43 Å². The average Bonchev–Trinajstić information content (AvgIpc) is 2.06. The molecule has 0 fully saturated rings. The molecule has 0 unspecified atom stereocenters. The van der Waals surface area contributed by atoms with Gasteiger partial charge in [0, 0.05) is 0 Å². The fourth-order valence-electron chi connectivity index (χ4n) is 0.771. The molecule has 3 heteroatoms. The number of rotatable bonds is 2. The summed E-state index contributed by atoms with van der Waals surface area (Å²) in [6.07, 6.45) is -2.20. The van der Waals surface area contributed by atoms with E-state index in [1.54, 1.807) is 30.3 Å². The minimum atomic E-state index is -3.02. The van der Waals surface area contributed by atoms with E-state index >= 15 is 0 Å². The molecule has 0 N–H and O–H groups in total. The fourth-order valence-corrected chi connectivity index (χ4v) is 0.771. The van der Waals surface area contributed by atoms with Crippen LogP contribution < -0.4 is 0 Å². The summed E-state index contributed by atoms with van der Waals surface area (Å²) in [5.74, 6) is -1.40. The quantitative estimate of drug-likeness (QED) is 0.642. The first kappa shape index (κ1) is 8.84. The van der Waals surface area contributed by atoms with Gasteiger partial charge in [-0.15, -0.1) is 0 Å². The first-order chi connectivity index (χ1) is 5.70. The number of hydrogen-bond donors (Lipinski definition) is 0. The Morgan fingerprint density at radius 1 is 1.17 bits per heavy atom. The van der Waals surface area contributed by atoms with Crippen LogP contribution >= 0.6 is 0 Å². The van der Waals surface area contributed by atoms with Gasteiger partial charge in [-0.2, -0.15) is 0 Å². The van der Waals surface area contributed by atoms with E-state index in [-0.39, 0.29) is 0 Å². The molecule has 0 aromatic heterocycles. The third kappa shape index (κ3) is 2.42. The zero-order valence-corrected chi connectivity index (χ0v) is 6.18. The van der Waals surface area contributed by atoms with Crippen LogP contribution in [-0.2, 0) is 0 Å². The number of hydrogen-bond acceptors (Lipinski definition) is 0. The van der Waals surface area contributed by atoms with Crippen LogP contribution in [0.15, 0.2) is 36.2 Å². The Morgan fingerprint density at radius 3 is 2.25 bits per heavy atom. The minimum Gasteiger partial charge on any atom is -0.205 e. The van der Waals surface area contributed by atoms with E-state index in [4.69, 9.17) is 0 Å². The highest BCUT2D eigenvalue weighted by molar-refractivity contribution is 5.51. The van der Waals surface area contributed by atoms with Crippen LogP contribution in [0.25, 0.3) is 6.08 Å². The molecule has 0 heterocycles. The van der Waals surface area contributed by atoms with Crippen LogP contribution in [0.4, 0.5) is 13.2 Å². The summed E-state index contributed by atoms with van der Waals surface area (Å²) >= 11 is 0. The second kappa shape index (κ2) is 3.95. The van der Waals surface area contributed by atoms with Gasteiger partial charge in [-0.05, 0) is 11.6 Å². The lowest BCUT2D eigenvalue weighted by Crippen LogP contribution is -1.89. The van der Waals surface area contributed by atoms with Gasteiger partial charge in [-0.1, -0.05) is 30.3 Å². The van der Waals surface area contributed by atoms with Gasteiger partial charge in [0.05, 0.1) is 0 Å². The average molecular weight is 172 g/mol. The topological polar surface area (TPSA) is 0 Å². The van der Waals surface area contributed by atoms with Crippen molar-refractivity contribution in [3.8, 4) is 0 Å². The van der Waals surface area contributed by atoms with E-state index in [9.17, 15) is 13.2 Å². The van der Waals surface area contributed by atoms with E-state index < -0.39 is 12.3 Å². The summed E-state index contributed by atoms with van der Waals surface area (Å²) in [6, 6.07) is 8.16. The third-order valence-corrected chi connectivity index (χ3v) is 1.31. The number of allylic oxidation sites excluding steroid dienone is 1. The SMILES string of the molecule is F/C(=C\c1ccccc1)C(F)F. The van der Waals surface area contributed by atoms with Crippen molar-refractivity contribution in [3.63, 3.8) is 0 Å². The van der Waals surface area contributed by atoms with Crippen LogP contribution in [0.5, 0.6) is 0 Å². The molecule has 0 aliphatic heterocycles. The Bertz CT molecular complexity index is 264. The largest absolute Gasteiger partial charge is 0.289 e. The summed E-state index contributed by atoms with van der Waals surface area (Å²) in [6.45, 7) is 0. The van der Waals surface area contributed by atoms with Gasteiger partial charge in [-0.25, -0.2) is 13.2 Å². The van der Waals surface area contributed by atoms with Crippen LogP contribution in [0, 0.1) is 0 Å². The van der Waals surface area contributed by atoms with Gasteiger partial charge in [0.25, 0.3) is 6.43 Å². The molecule has 0 saturated carbocycles. The molecule has 0 nitrogen and oxygen atoms in total. The van der Waals surface area contributed by atoms with E-state index in [0.29, 0.717) is 5.56 Å². The Hall–Kier alpha value is -1.25. The molecule has 0 spiro atoms. The molecular weight excluding hydrogens is 165 g/mol. The lowest BCUT2D eigenvalue weighted by molar-refractivity contribution is 0.161. The summed E-state index contributed by atoms with van der Waals surface area (Å²) in [4.78, 5) is 0. The normalized spacial score (nSPS) is 12.2. The molecule has 1 aromatic carbocycles. The lowest BCUT2D eigenvalue weighted by Gasteiger charge is -1.94. The first-order valence-corrected chi connectivity index (χ1v) is 3.40. The Kier molecular flexibility index (Phi) is 2.91. The number of benzene rings is 1. The molecule has 0 aliphatic rings. The summed E-state index contributed by atoms with van der Waals surface area (Å²) in [5, 5.41) is 0. The van der Waals surface area contributed by atoms with Crippen molar-refractivity contribution in [1.82, 2.24) is 0 Å². The fraction of sp³-hybridized carbons (Fsp3) is 0.111. The van der Waals surface area contributed by atoms with Gasteiger partial charge >= 0.3 is 0 Å². The van der Waals surface area contributed by atoms with Crippen molar-refractivity contribution >= 4 is 6.08 Å². The molecule has 1 rings (SSSR count). The van der Waals surface area contributed by atoms with Crippen molar-refractivity contribution < 1.29 is 13.2 Å². The van der Waals surface area contributed by atoms with Gasteiger partial charge < -0.3 is 0 Å². The molecule has 0 atom stereocenters. The van der Waals surface area contributed by atoms with Crippen LogP contribution in [0.1, 0.15) is 5.56 Å². The van der Waals surface area contributed by atoms with E-state index in [0.717, 1.165) is 6.08 Å². The third-order valence-electron chi connectivity index (χ3n) is 1.31. The smallest absolute Gasteiger partial charge is 0.205 e. The number of alkyl halides is 2. The van der Waals surface area contributed by atoms with Gasteiger partial charge in [0.2, 0.25) is 0 Å². The van der Waals surface area contributed by atoms with Gasteiger partial charge in [0.15, 0.2) is 5.83 Å². The zero-order valence-electron chi connectivity index (χ0n) is 6.18. The van der Waals surface area contributed by atoms with E-state index in [1.165, 1.54) is 0 Å². The molecule has 0 radical (unpaired) electrons. The molecule has 0 saturated heterocycles. The van der Waals surface area contributed by atoms with Crippen LogP contribution in [0.2, 0.25) is 0 Å². The van der Waals surface area contributed by atoms with Gasteiger partial charge in [-0.3, -0.25) is 0 Å². The Morgan fingerprint density at radius 2 is 1.75 bits per heavy atom. The molecule has 1 aromatic rings. The minimum absolute atomic E-state index is 0.440. The molecule has 0 bridgehead atoms. The monoisotopic (exact) mass is 172 g/mol. The highest BCUT2D eigenvalue weighted by Gasteiger charge is 2.08. The standard InChI is InChI=1S/C9H7F3/c10-8(9(11)12)6-7-4-2-1-3-5-7/h1-6,9H/b8-6-. The zero-order chi connectivity index (χ0) is 8.97. The maximum atomic E-state index is 12.3. The van der Waals surface area contributed by atoms with Gasteiger partial charge in [0.1, 0.15) is 0 Å². The first-order valence-electron chi connectivity index (χ1n) is 3.40. The van der Waals surface area contributed by atoms with Crippen LogP contribution in [0.3, 0.4) is 0 Å². The maximum absolute atomic E-state index is 12.3. The molecular formula is C9H7F3. The molecule has 0 aliphatic carbocycles. The second-order valence-electron chi connectivity index (χ2n) is 2.24. The highest BCUT2D eigenvalue weighted by atomic mass is 19.3. The molecule has 64 valence electrons. The van der Waals surface area contributed by atoms with Crippen molar-refractivity contribution in [3.05, 3.63) is 41.7 Å². The maximum Gasteiger partial charge on any atom is 0.289 e. The van der Waals surface area contributed by atoms with Crippen molar-refractivity contribution in [2.75, 3.05) is 0 Å². The lowest BCUT2D eigenvalue weighted by atomic mass is 10.2. The summed E-state index contributed by atoms with van der Waals surface area (Å²) in [7, 11) is 0. The second-order valence-corrected chi connectivity index (χ2v) is 2.24. The molecule has 12 heavy (non-hydrogen) atoms. The highest BCUT2D eigenvalue weighted by Crippen LogP contribution is 2.14. The van der Waals surface area contributed by atoms with Crippen molar-refractivity contribution in [1.29, 1.82) is 0 Å². The Balaban J connectivity index is 2.81. The van der Waals surface area contributed by atoms with Crippen LogP contribution in [-0.4, -0.2) is 6.43 Å². The van der Waals surface area contributed by atoms with E-state index in [2.05, 4.69) is 0 Å². The number of halogens is 3. The Labute approximate surface area is 68.3 Å². The molecule has 0 amide bonds. The van der Waals surface area contributed by atoms with E-state index in [1.807, 2.05) is 0 Å².